The maximum Gasteiger partial charge on any atom is 0.416 e. The summed E-state index contributed by atoms with van der Waals surface area (Å²) in [4.78, 5) is 23.8. The van der Waals surface area contributed by atoms with Crippen LogP contribution in [0, 0.1) is 10.1 Å². The second-order valence-electron chi connectivity index (χ2n) is 5.54. The molecule has 0 bridgehead atoms. The smallest absolute Gasteiger partial charge is 0.338 e. The van der Waals surface area contributed by atoms with Crippen LogP contribution in [0.2, 0.25) is 0 Å². The predicted molar refractivity (Wildman–Crippen MR) is 90.0 cm³/mol. The molecule has 0 aromatic heterocycles. The fraction of sp³-hybridized carbons (Fsp3) is 0.167. The van der Waals surface area contributed by atoms with E-state index in [1.165, 1.54) is 54.4 Å². The Labute approximate surface area is 147 Å². The molecular formula is C18H15F3N2O3. The lowest BCUT2D eigenvalue weighted by atomic mass is 10.1. The van der Waals surface area contributed by atoms with Crippen molar-refractivity contribution in [2.75, 3.05) is 7.05 Å². The Morgan fingerprint density at radius 1 is 1.15 bits per heavy atom. The molecule has 0 fully saturated rings. The summed E-state index contributed by atoms with van der Waals surface area (Å²) in [6.45, 7) is 0.109. The third-order valence-corrected chi connectivity index (χ3v) is 3.62. The van der Waals surface area contributed by atoms with E-state index in [2.05, 4.69) is 0 Å². The molecular weight excluding hydrogens is 349 g/mol. The van der Waals surface area contributed by atoms with E-state index in [0.29, 0.717) is 5.56 Å². The van der Waals surface area contributed by atoms with Crippen molar-refractivity contribution < 1.29 is 22.9 Å². The molecule has 0 atom stereocenters. The van der Waals surface area contributed by atoms with Gasteiger partial charge in [-0.3, -0.25) is 14.9 Å². The lowest BCUT2D eigenvalue weighted by Crippen LogP contribution is -2.24. The minimum Gasteiger partial charge on any atom is -0.338 e. The van der Waals surface area contributed by atoms with Gasteiger partial charge in [-0.1, -0.05) is 24.3 Å². The quantitative estimate of drug-likeness (QED) is 0.452. The van der Waals surface area contributed by atoms with Crippen LogP contribution in [0.25, 0.3) is 6.08 Å². The van der Waals surface area contributed by atoms with Gasteiger partial charge in [0.15, 0.2) is 0 Å². The number of nitro benzene ring substituents is 1. The summed E-state index contributed by atoms with van der Waals surface area (Å²) in [5.74, 6) is -0.428. The number of halogens is 3. The Balaban J connectivity index is 2.05. The molecule has 1 amide bonds. The van der Waals surface area contributed by atoms with E-state index in [-0.39, 0.29) is 17.8 Å². The van der Waals surface area contributed by atoms with Crippen LogP contribution in [-0.4, -0.2) is 22.8 Å². The average Bonchev–Trinajstić information content (AvgIpc) is 2.59. The van der Waals surface area contributed by atoms with Gasteiger partial charge in [0.1, 0.15) is 0 Å². The summed E-state index contributed by atoms with van der Waals surface area (Å²) in [6, 6.07) is 10.5. The van der Waals surface area contributed by atoms with E-state index < -0.39 is 22.6 Å². The molecule has 2 aromatic carbocycles. The van der Waals surface area contributed by atoms with Crippen LogP contribution in [0.1, 0.15) is 16.7 Å². The van der Waals surface area contributed by atoms with Gasteiger partial charge in [0.2, 0.25) is 5.91 Å². The van der Waals surface area contributed by atoms with Crippen molar-refractivity contribution in [1.29, 1.82) is 0 Å². The minimum atomic E-state index is -4.41. The van der Waals surface area contributed by atoms with Gasteiger partial charge in [-0.25, -0.2) is 0 Å². The third kappa shape index (κ3) is 4.92. The molecule has 136 valence electrons. The third-order valence-electron chi connectivity index (χ3n) is 3.62. The monoisotopic (exact) mass is 364 g/mol. The number of benzene rings is 2. The number of likely N-dealkylation sites (N-methyl/N-ethyl adjacent to an activating group) is 1. The topological polar surface area (TPSA) is 63.5 Å². The first-order valence-corrected chi connectivity index (χ1v) is 7.51. The van der Waals surface area contributed by atoms with E-state index in [9.17, 15) is 28.1 Å². The van der Waals surface area contributed by atoms with Gasteiger partial charge < -0.3 is 4.90 Å². The van der Waals surface area contributed by atoms with Gasteiger partial charge in [-0.05, 0) is 29.8 Å². The normalized spacial score (nSPS) is 11.5. The number of nitro groups is 1. The zero-order valence-corrected chi connectivity index (χ0v) is 13.7. The van der Waals surface area contributed by atoms with Crippen LogP contribution < -0.4 is 0 Å². The number of amides is 1. The number of alkyl halides is 3. The van der Waals surface area contributed by atoms with Crippen molar-refractivity contribution in [1.82, 2.24) is 4.90 Å². The average molecular weight is 364 g/mol. The molecule has 2 aromatic rings. The fourth-order valence-electron chi connectivity index (χ4n) is 2.23. The van der Waals surface area contributed by atoms with Crippen LogP contribution in [0.5, 0.6) is 0 Å². The zero-order valence-electron chi connectivity index (χ0n) is 13.7. The van der Waals surface area contributed by atoms with Crippen LogP contribution in [0.15, 0.2) is 54.6 Å². The number of rotatable bonds is 5. The number of nitrogens with zero attached hydrogens (tertiary/aromatic N) is 2. The molecule has 0 unspecified atom stereocenters. The SMILES string of the molecule is CN(Cc1ccc(C(F)(F)F)cc1)C(=O)/C=C/c1ccccc1[N+](=O)[O-]. The second-order valence-corrected chi connectivity index (χ2v) is 5.54. The predicted octanol–water partition coefficient (Wildman–Crippen LogP) is 4.29. The van der Waals surface area contributed by atoms with Crippen molar-refractivity contribution in [3.05, 3.63) is 81.4 Å². The van der Waals surface area contributed by atoms with Crippen molar-refractivity contribution >= 4 is 17.7 Å². The summed E-state index contributed by atoms with van der Waals surface area (Å²) in [7, 11) is 1.49. The maximum atomic E-state index is 12.5. The van der Waals surface area contributed by atoms with E-state index in [0.717, 1.165) is 12.1 Å². The Morgan fingerprint density at radius 3 is 2.35 bits per heavy atom. The number of para-hydroxylation sites is 1. The Bertz CT molecular complexity index is 830. The van der Waals surface area contributed by atoms with Gasteiger partial charge in [0.05, 0.1) is 16.1 Å². The van der Waals surface area contributed by atoms with E-state index in [1.807, 2.05) is 0 Å². The highest BCUT2D eigenvalue weighted by Gasteiger charge is 2.29. The van der Waals surface area contributed by atoms with Crippen LogP contribution in [0.4, 0.5) is 18.9 Å². The first-order chi connectivity index (χ1) is 12.2. The molecule has 0 saturated heterocycles. The summed E-state index contributed by atoms with van der Waals surface area (Å²) in [5, 5.41) is 10.9. The Kier molecular flexibility index (Phi) is 5.76. The summed E-state index contributed by atoms with van der Waals surface area (Å²) < 4.78 is 37.6. The lowest BCUT2D eigenvalue weighted by Gasteiger charge is -2.16. The van der Waals surface area contributed by atoms with Crippen LogP contribution in [-0.2, 0) is 17.5 Å². The highest BCUT2D eigenvalue weighted by atomic mass is 19.4. The molecule has 0 radical (unpaired) electrons. The van der Waals surface area contributed by atoms with Crippen LogP contribution in [0.3, 0.4) is 0 Å². The molecule has 0 saturated carbocycles. The highest BCUT2D eigenvalue weighted by Crippen LogP contribution is 2.29. The lowest BCUT2D eigenvalue weighted by molar-refractivity contribution is -0.385. The second kappa shape index (κ2) is 7.81. The Morgan fingerprint density at radius 2 is 1.77 bits per heavy atom. The van der Waals surface area contributed by atoms with Crippen molar-refractivity contribution in [2.45, 2.75) is 12.7 Å². The molecule has 5 nitrogen and oxygen atoms in total. The molecule has 8 heteroatoms. The molecule has 0 N–H and O–H groups in total. The van der Waals surface area contributed by atoms with E-state index >= 15 is 0 Å². The van der Waals surface area contributed by atoms with E-state index in [4.69, 9.17) is 0 Å². The molecule has 0 aliphatic heterocycles. The fourth-order valence-corrected chi connectivity index (χ4v) is 2.23. The number of hydrogen-bond donors (Lipinski definition) is 0. The first kappa shape index (κ1) is 19.2. The van der Waals surface area contributed by atoms with Gasteiger partial charge in [0.25, 0.3) is 5.69 Å². The maximum absolute atomic E-state index is 12.5. The van der Waals surface area contributed by atoms with Crippen LogP contribution >= 0.6 is 0 Å². The number of carbonyl (C=O) groups is 1. The molecule has 2 rings (SSSR count). The number of hydrogen-bond acceptors (Lipinski definition) is 3. The molecule has 0 spiro atoms. The summed E-state index contributed by atoms with van der Waals surface area (Å²) in [6.07, 6.45) is -1.89. The van der Waals surface area contributed by atoms with Crippen molar-refractivity contribution in [3.63, 3.8) is 0 Å². The number of carbonyl (C=O) groups excluding carboxylic acids is 1. The Hall–Kier alpha value is -3.16. The van der Waals surface area contributed by atoms with Crippen molar-refractivity contribution in [2.24, 2.45) is 0 Å². The van der Waals surface area contributed by atoms with Gasteiger partial charge in [-0.15, -0.1) is 0 Å². The highest BCUT2D eigenvalue weighted by molar-refractivity contribution is 5.92. The molecule has 0 heterocycles. The summed E-state index contributed by atoms with van der Waals surface area (Å²) >= 11 is 0. The molecule has 26 heavy (non-hydrogen) atoms. The first-order valence-electron chi connectivity index (χ1n) is 7.51. The van der Waals surface area contributed by atoms with Gasteiger partial charge in [0, 0.05) is 25.7 Å². The molecule has 0 aliphatic carbocycles. The largest absolute Gasteiger partial charge is 0.416 e. The molecule has 0 aliphatic rings. The zero-order chi connectivity index (χ0) is 19.3. The van der Waals surface area contributed by atoms with Gasteiger partial charge in [-0.2, -0.15) is 13.2 Å². The summed E-state index contributed by atoms with van der Waals surface area (Å²) in [5.41, 5.74) is -0.0600. The standard InChI is InChI=1S/C18H15F3N2O3/c1-22(12-13-6-9-15(10-7-13)18(19,20)21)17(24)11-8-14-4-2-3-5-16(14)23(25)26/h2-11H,12H2,1H3/b11-8+. The van der Waals surface area contributed by atoms with Gasteiger partial charge >= 0.3 is 6.18 Å². The minimum absolute atomic E-state index is 0.109. The van der Waals surface area contributed by atoms with Crippen molar-refractivity contribution in [3.8, 4) is 0 Å². The van der Waals surface area contributed by atoms with E-state index in [1.54, 1.807) is 6.07 Å².